The highest BCUT2D eigenvalue weighted by Crippen LogP contribution is 2.35. The van der Waals surface area contributed by atoms with Gasteiger partial charge in [-0.1, -0.05) is 6.07 Å². The molecule has 3 unspecified atom stereocenters. The summed E-state index contributed by atoms with van der Waals surface area (Å²) in [4.78, 5) is 1.01. The van der Waals surface area contributed by atoms with Gasteiger partial charge in [0.15, 0.2) is 5.69 Å². The fourth-order valence-electron chi connectivity index (χ4n) is 2.65. The van der Waals surface area contributed by atoms with Crippen LogP contribution in [0.3, 0.4) is 0 Å². The molecule has 0 spiro atoms. The van der Waals surface area contributed by atoms with E-state index in [0.717, 1.165) is 16.3 Å². The number of aromatic nitrogens is 2. The predicted octanol–water partition coefficient (Wildman–Crippen LogP) is 5.49. The van der Waals surface area contributed by atoms with E-state index in [4.69, 9.17) is 4.74 Å². The largest absolute Gasteiger partial charge is 0.452 e. The highest BCUT2D eigenvalue weighted by Gasteiger charge is 2.35. The average molecular weight is 478 g/mol. The van der Waals surface area contributed by atoms with Gasteiger partial charge in [0, 0.05) is 10.5 Å². The smallest absolute Gasteiger partial charge is 0.435 e. The number of alkyl halides is 4. The monoisotopic (exact) mass is 478 g/mol. The minimum Gasteiger partial charge on any atom is -0.452 e. The van der Waals surface area contributed by atoms with Crippen LogP contribution in [0.1, 0.15) is 5.69 Å². The van der Waals surface area contributed by atoms with Gasteiger partial charge in [-0.3, -0.25) is 0 Å². The summed E-state index contributed by atoms with van der Waals surface area (Å²) < 4.78 is 59.8. The predicted molar refractivity (Wildman–Crippen MR) is 119 cm³/mol. The molecule has 0 radical (unpaired) electrons. The van der Waals surface area contributed by atoms with E-state index in [9.17, 15) is 17.6 Å². The number of benzene rings is 2. The molecule has 3 aromatic rings. The molecule has 0 amide bonds. The summed E-state index contributed by atoms with van der Waals surface area (Å²) in [7, 11) is 6.34. The molecule has 0 bridgehead atoms. The average Bonchev–Trinajstić information content (AvgIpc) is 3.06. The first-order valence-electron chi connectivity index (χ1n) is 8.15. The Morgan fingerprint density at radius 1 is 1.00 bits per heavy atom. The molecule has 0 fully saturated rings. The second-order valence-electron chi connectivity index (χ2n) is 6.07. The third kappa shape index (κ3) is 5.49. The second kappa shape index (κ2) is 8.51. The molecule has 3 rings (SSSR count). The van der Waals surface area contributed by atoms with Gasteiger partial charge < -0.3 is 4.74 Å². The molecule has 0 saturated heterocycles. The highest BCUT2D eigenvalue weighted by atomic mass is 32.2. The third-order valence-corrected chi connectivity index (χ3v) is 5.62. The zero-order chi connectivity index (χ0) is 21.4. The summed E-state index contributed by atoms with van der Waals surface area (Å²) in [6.07, 6.45) is -2.66. The Kier molecular flexibility index (Phi) is 6.60. The molecule has 3 atom stereocenters. The van der Waals surface area contributed by atoms with Crippen molar-refractivity contribution in [3.63, 3.8) is 0 Å². The van der Waals surface area contributed by atoms with Crippen LogP contribution in [0.2, 0.25) is 0 Å². The summed E-state index contributed by atoms with van der Waals surface area (Å²) in [6.45, 7) is 0. The number of hydrogen-bond donors (Lipinski definition) is 0. The van der Waals surface area contributed by atoms with Crippen LogP contribution in [0.25, 0.3) is 16.9 Å². The summed E-state index contributed by atoms with van der Waals surface area (Å²) in [5.41, 5.74) is 0.275. The molecule has 1 aromatic heterocycles. The van der Waals surface area contributed by atoms with Crippen molar-refractivity contribution >= 4 is 44.8 Å². The number of thioether (sulfide) groups is 1. The van der Waals surface area contributed by atoms with Gasteiger partial charge in [-0.25, -0.2) is 4.68 Å². The molecule has 3 nitrogen and oxygen atoms in total. The number of nitrogens with zero attached hydrogens (tertiary/aromatic N) is 2. The lowest BCUT2D eigenvalue weighted by Gasteiger charge is -2.17. The zero-order valence-electron chi connectivity index (χ0n) is 15.1. The second-order valence-corrected chi connectivity index (χ2v) is 9.79. The minimum absolute atomic E-state index is 0.225. The maximum atomic E-state index is 13.6. The summed E-state index contributed by atoms with van der Waals surface area (Å²) in [5.74, 6) is 0.225. The molecule has 0 N–H and O–H groups in total. The lowest BCUT2D eigenvalue weighted by atomic mass is 10.1. The topological polar surface area (TPSA) is 27.1 Å². The normalized spacial score (nSPS) is 12.3. The maximum absolute atomic E-state index is 13.6. The summed E-state index contributed by atoms with van der Waals surface area (Å²) >= 11 is 1.54. The Hall–Kier alpha value is -1.19. The van der Waals surface area contributed by atoms with Crippen molar-refractivity contribution < 1.29 is 22.3 Å². The lowest BCUT2D eigenvalue weighted by Crippen LogP contribution is -2.12. The van der Waals surface area contributed by atoms with E-state index in [1.807, 2.05) is 30.8 Å². The third-order valence-electron chi connectivity index (χ3n) is 3.88. The van der Waals surface area contributed by atoms with Gasteiger partial charge in [0.25, 0.3) is 5.34 Å². The van der Waals surface area contributed by atoms with Crippen molar-refractivity contribution in [1.29, 1.82) is 0 Å². The summed E-state index contributed by atoms with van der Waals surface area (Å²) in [5, 5.41) is 2.60. The molecular weight excluding hydrogens is 461 g/mol. The molecule has 29 heavy (non-hydrogen) atoms. The maximum Gasteiger partial charge on any atom is 0.435 e. The van der Waals surface area contributed by atoms with E-state index < -0.39 is 17.2 Å². The minimum atomic E-state index is -4.58. The van der Waals surface area contributed by atoms with Crippen LogP contribution in [-0.4, -0.2) is 21.4 Å². The molecule has 1 heterocycles. The Labute approximate surface area is 176 Å². The van der Waals surface area contributed by atoms with E-state index in [1.165, 1.54) is 28.9 Å². The van der Waals surface area contributed by atoms with E-state index in [2.05, 4.69) is 14.3 Å². The number of halogens is 4. The van der Waals surface area contributed by atoms with Gasteiger partial charge in [-0.2, -0.15) is 22.7 Å². The van der Waals surface area contributed by atoms with Crippen LogP contribution < -0.4 is 10.0 Å². The van der Waals surface area contributed by atoms with E-state index in [0.29, 0.717) is 16.9 Å². The Bertz CT molecular complexity index is 1020. The molecular formula is C18H17F4N2OP3S. The van der Waals surface area contributed by atoms with Gasteiger partial charge in [0.05, 0.1) is 11.4 Å². The van der Waals surface area contributed by atoms with E-state index in [-0.39, 0.29) is 5.75 Å². The van der Waals surface area contributed by atoms with Gasteiger partial charge >= 0.3 is 6.18 Å². The van der Waals surface area contributed by atoms with E-state index in [1.54, 1.807) is 23.9 Å². The Morgan fingerprint density at radius 3 is 2.17 bits per heavy atom. The lowest BCUT2D eigenvalue weighted by molar-refractivity contribution is -0.141. The number of hydrogen-bond acceptors (Lipinski definition) is 3. The molecule has 0 aliphatic rings. The van der Waals surface area contributed by atoms with Crippen LogP contribution in [0, 0.1) is 0 Å². The quantitative estimate of drug-likeness (QED) is 0.276. The SMILES string of the molecule is CSc1ccc(-c2cc(C(F)(F)F)nn2-c2ccc(OC(F)(P)P)cc2)cc1P. The van der Waals surface area contributed by atoms with Gasteiger partial charge in [0.1, 0.15) is 5.75 Å². The molecule has 154 valence electrons. The molecule has 0 saturated carbocycles. The fourth-order valence-corrected chi connectivity index (χ4v) is 4.05. The van der Waals surface area contributed by atoms with Crippen molar-refractivity contribution in [1.82, 2.24) is 9.78 Å². The Morgan fingerprint density at radius 2 is 1.66 bits per heavy atom. The van der Waals surface area contributed by atoms with Crippen molar-refractivity contribution in [2.24, 2.45) is 0 Å². The first kappa shape index (κ1) is 22.5. The number of rotatable bonds is 5. The van der Waals surface area contributed by atoms with Gasteiger partial charge in [0.2, 0.25) is 0 Å². The Balaban J connectivity index is 2.08. The molecule has 2 aromatic carbocycles. The van der Waals surface area contributed by atoms with Crippen molar-refractivity contribution in [3.05, 3.63) is 54.2 Å². The van der Waals surface area contributed by atoms with E-state index >= 15 is 0 Å². The van der Waals surface area contributed by atoms with Crippen LogP contribution in [0.4, 0.5) is 17.6 Å². The summed E-state index contributed by atoms with van der Waals surface area (Å²) in [6, 6.07) is 12.4. The first-order valence-corrected chi connectivity index (χ1v) is 11.1. The standard InChI is InChI=1S/C18H17F4N2OP3S/c1-29-15-7-2-10(8-14(15)26)13-9-16(17(19,20)21)23-24(13)11-3-5-12(6-4-11)25-18(22,27)28/h2-9H,26-28H2,1H3. The number of ether oxygens (including phenoxy) is 1. The van der Waals surface area contributed by atoms with Crippen LogP contribution >= 0.6 is 39.5 Å². The van der Waals surface area contributed by atoms with Crippen molar-refractivity contribution in [2.45, 2.75) is 16.4 Å². The van der Waals surface area contributed by atoms with Crippen LogP contribution in [-0.2, 0) is 6.18 Å². The van der Waals surface area contributed by atoms with Crippen molar-refractivity contribution in [2.75, 3.05) is 6.26 Å². The van der Waals surface area contributed by atoms with Crippen LogP contribution in [0.15, 0.2) is 53.4 Å². The molecule has 0 aliphatic carbocycles. The fraction of sp³-hybridized carbons (Fsp3) is 0.167. The van der Waals surface area contributed by atoms with Gasteiger partial charge in [-0.05, 0) is 72.5 Å². The van der Waals surface area contributed by atoms with Gasteiger partial charge in [-0.15, -0.1) is 21.0 Å². The van der Waals surface area contributed by atoms with Crippen molar-refractivity contribution in [3.8, 4) is 22.7 Å². The molecule has 11 heteroatoms. The highest BCUT2D eigenvalue weighted by molar-refractivity contribution is 7.99. The molecule has 0 aliphatic heterocycles. The first-order chi connectivity index (χ1) is 13.5. The van der Waals surface area contributed by atoms with Crippen LogP contribution in [0.5, 0.6) is 5.75 Å². The zero-order valence-corrected chi connectivity index (χ0v) is 19.4.